The summed E-state index contributed by atoms with van der Waals surface area (Å²) in [5.74, 6) is 0.276. The molecule has 0 saturated heterocycles. The Morgan fingerprint density at radius 3 is 2.86 bits per heavy atom. The summed E-state index contributed by atoms with van der Waals surface area (Å²) >= 11 is 0. The van der Waals surface area contributed by atoms with E-state index in [4.69, 9.17) is 10.00 Å². The van der Waals surface area contributed by atoms with Crippen molar-refractivity contribution in [2.75, 3.05) is 11.9 Å². The van der Waals surface area contributed by atoms with Gasteiger partial charge in [0.05, 0.1) is 41.4 Å². The number of ether oxygens (including phenoxy) is 1. The zero-order valence-corrected chi connectivity index (χ0v) is 12.9. The number of rotatable bonds is 5. The monoisotopic (exact) mass is 298 g/mol. The van der Waals surface area contributed by atoms with Gasteiger partial charge in [0.1, 0.15) is 5.75 Å². The molecular formula is C16H18N4O2. The van der Waals surface area contributed by atoms with Crippen LogP contribution in [0.25, 0.3) is 0 Å². The summed E-state index contributed by atoms with van der Waals surface area (Å²) in [5, 5.41) is 15.9. The summed E-state index contributed by atoms with van der Waals surface area (Å²) in [6.07, 6.45) is 2.25. The van der Waals surface area contributed by atoms with Gasteiger partial charge in [0.2, 0.25) is 0 Å². The van der Waals surface area contributed by atoms with Gasteiger partial charge in [-0.15, -0.1) is 0 Å². The Balaban J connectivity index is 2.33. The van der Waals surface area contributed by atoms with Crippen LogP contribution in [-0.2, 0) is 13.5 Å². The largest absolute Gasteiger partial charge is 0.492 e. The average Bonchev–Trinajstić information content (AvgIpc) is 2.90. The van der Waals surface area contributed by atoms with Crippen molar-refractivity contribution in [2.45, 2.75) is 20.3 Å². The van der Waals surface area contributed by atoms with Gasteiger partial charge in [-0.3, -0.25) is 9.48 Å². The molecule has 0 aliphatic rings. The summed E-state index contributed by atoms with van der Waals surface area (Å²) in [7, 11) is 1.80. The van der Waals surface area contributed by atoms with E-state index in [1.807, 2.05) is 13.8 Å². The van der Waals surface area contributed by atoms with Crippen molar-refractivity contribution in [2.24, 2.45) is 7.05 Å². The molecule has 0 spiro atoms. The van der Waals surface area contributed by atoms with Crippen LogP contribution in [-0.4, -0.2) is 22.3 Å². The van der Waals surface area contributed by atoms with E-state index in [1.165, 1.54) is 0 Å². The molecule has 1 amide bonds. The molecule has 0 bridgehead atoms. The first-order valence-corrected chi connectivity index (χ1v) is 7.09. The maximum atomic E-state index is 12.5. The van der Waals surface area contributed by atoms with Crippen molar-refractivity contribution >= 4 is 11.6 Å². The highest BCUT2D eigenvalue weighted by Crippen LogP contribution is 2.26. The number of anilines is 1. The standard InChI is InChI=1S/C16H18N4O2/c1-4-14-12(10-18-20(14)3)16(21)19-13-8-11(9-17)6-7-15(13)22-5-2/h6-8,10H,4-5H2,1-3H3,(H,19,21). The molecule has 0 aliphatic heterocycles. The maximum Gasteiger partial charge on any atom is 0.259 e. The number of carbonyl (C=O) groups is 1. The highest BCUT2D eigenvalue weighted by molar-refractivity contribution is 6.05. The van der Waals surface area contributed by atoms with Gasteiger partial charge >= 0.3 is 0 Å². The minimum absolute atomic E-state index is 0.263. The third kappa shape index (κ3) is 3.09. The highest BCUT2D eigenvalue weighted by atomic mass is 16.5. The fraction of sp³-hybridized carbons (Fsp3) is 0.312. The van der Waals surface area contributed by atoms with Crippen LogP contribution in [0.4, 0.5) is 5.69 Å². The molecule has 0 fully saturated rings. The molecule has 6 nitrogen and oxygen atoms in total. The molecule has 0 saturated carbocycles. The van der Waals surface area contributed by atoms with Gasteiger partial charge in [-0.25, -0.2) is 0 Å². The van der Waals surface area contributed by atoms with Gasteiger partial charge in [-0.2, -0.15) is 10.4 Å². The zero-order chi connectivity index (χ0) is 16.1. The first kappa shape index (κ1) is 15.6. The summed E-state index contributed by atoms with van der Waals surface area (Å²) in [6.45, 7) is 4.30. The first-order valence-electron chi connectivity index (χ1n) is 7.09. The first-order chi connectivity index (χ1) is 10.6. The minimum atomic E-state index is -0.263. The average molecular weight is 298 g/mol. The van der Waals surface area contributed by atoms with Crippen molar-refractivity contribution < 1.29 is 9.53 Å². The number of nitriles is 1. The smallest absolute Gasteiger partial charge is 0.259 e. The van der Waals surface area contributed by atoms with E-state index in [1.54, 1.807) is 36.1 Å². The Bertz CT molecular complexity index is 728. The SMILES string of the molecule is CCOc1ccc(C#N)cc1NC(=O)c1cnn(C)c1CC. The predicted octanol–water partition coefficient (Wildman–Crippen LogP) is 2.51. The topological polar surface area (TPSA) is 79.9 Å². The number of aromatic nitrogens is 2. The van der Waals surface area contributed by atoms with E-state index in [0.29, 0.717) is 35.6 Å². The van der Waals surface area contributed by atoms with Crippen LogP contribution >= 0.6 is 0 Å². The normalized spacial score (nSPS) is 10.1. The summed E-state index contributed by atoms with van der Waals surface area (Å²) in [4.78, 5) is 12.5. The second-order valence-electron chi connectivity index (χ2n) is 4.69. The van der Waals surface area contributed by atoms with E-state index in [9.17, 15) is 4.79 Å². The molecular weight excluding hydrogens is 280 g/mol. The van der Waals surface area contributed by atoms with Gasteiger partial charge in [0, 0.05) is 7.05 Å². The second kappa shape index (κ2) is 6.76. The number of nitrogens with zero attached hydrogens (tertiary/aromatic N) is 3. The fourth-order valence-electron chi connectivity index (χ4n) is 2.24. The summed E-state index contributed by atoms with van der Waals surface area (Å²) in [5.41, 5.74) is 2.32. The van der Waals surface area contributed by atoms with Gasteiger partial charge < -0.3 is 10.1 Å². The minimum Gasteiger partial charge on any atom is -0.492 e. The molecule has 1 aromatic carbocycles. The Labute approximate surface area is 129 Å². The van der Waals surface area contributed by atoms with Crippen molar-refractivity contribution in [3.8, 4) is 11.8 Å². The van der Waals surface area contributed by atoms with Gasteiger partial charge in [0.25, 0.3) is 5.91 Å². The number of amides is 1. The lowest BCUT2D eigenvalue weighted by Crippen LogP contribution is -2.15. The number of aryl methyl sites for hydroxylation is 1. The second-order valence-corrected chi connectivity index (χ2v) is 4.69. The van der Waals surface area contributed by atoms with Gasteiger partial charge in [-0.1, -0.05) is 6.92 Å². The zero-order valence-electron chi connectivity index (χ0n) is 12.9. The van der Waals surface area contributed by atoms with Crippen LogP contribution in [0.15, 0.2) is 24.4 Å². The van der Waals surface area contributed by atoms with E-state index >= 15 is 0 Å². The highest BCUT2D eigenvalue weighted by Gasteiger charge is 2.16. The molecule has 1 N–H and O–H groups in total. The van der Waals surface area contributed by atoms with Crippen LogP contribution in [0.3, 0.4) is 0 Å². The molecule has 2 rings (SSSR count). The van der Waals surface area contributed by atoms with E-state index < -0.39 is 0 Å². The van der Waals surface area contributed by atoms with E-state index in [-0.39, 0.29) is 5.91 Å². The summed E-state index contributed by atoms with van der Waals surface area (Å²) in [6, 6.07) is 6.99. The number of benzene rings is 1. The molecule has 114 valence electrons. The lowest BCUT2D eigenvalue weighted by atomic mass is 10.1. The number of nitrogens with one attached hydrogen (secondary N) is 1. The van der Waals surface area contributed by atoms with Gasteiger partial charge in [0.15, 0.2) is 0 Å². The number of hydrogen-bond acceptors (Lipinski definition) is 4. The number of carbonyl (C=O) groups excluding carboxylic acids is 1. The lowest BCUT2D eigenvalue weighted by Gasteiger charge is -2.12. The van der Waals surface area contributed by atoms with Crippen molar-refractivity contribution in [1.82, 2.24) is 9.78 Å². The van der Waals surface area contributed by atoms with E-state index in [0.717, 1.165) is 5.69 Å². The Morgan fingerprint density at radius 2 is 2.23 bits per heavy atom. The molecule has 1 aromatic heterocycles. The molecule has 22 heavy (non-hydrogen) atoms. The molecule has 1 heterocycles. The van der Waals surface area contributed by atoms with E-state index in [2.05, 4.69) is 16.5 Å². The molecule has 0 atom stereocenters. The lowest BCUT2D eigenvalue weighted by molar-refractivity contribution is 0.102. The number of hydrogen-bond donors (Lipinski definition) is 1. The third-order valence-electron chi connectivity index (χ3n) is 3.30. The van der Waals surface area contributed by atoms with Crippen molar-refractivity contribution in [3.63, 3.8) is 0 Å². The molecule has 2 aromatic rings. The van der Waals surface area contributed by atoms with Crippen LogP contribution in [0.1, 0.15) is 35.5 Å². The van der Waals surface area contributed by atoms with Gasteiger partial charge in [-0.05, 0) is 31.5 Å². The van der Waals surface area contributed by atoms with Crippen LogP contribution < -0.4 is 10.1 Å². The Morgan fingerprint density at radius 1 is 1.45 bits per heavy atom. The predicted molar refractivity (Wildman–Crippen MR) is 82.9 cm³/mol. The van der Waals surface area contributed by atoms with Crippen molar-refractivity contribution in [1.29, 1.82) is 5.26 Å². The molecule has 0 aliphatic carbocycles. The fourth-order valence-corrected chi connectivity index (χ4v) is 2.24. The Kier molecular flexibility index (Phi) is 4.79. The molecule has 6 heteroatoms. The molecule has 0 unspecified atom stereocenters. The molecule has 0 radical (unpaired) electrons. The van der Waals surface area contributed by atoms with Crippen LogP contribution in [0.5, 0.6) is 5.75 Å². The van der Waals surface area contributed by atoms with Crippen LogP contribution in [0, 0.1) is 11.3 Å². The Hall–Kier alpha value is -2.81. The van der Waals surface area contributed by atoms with Crippen LogP contribution in [0.2, 0.25) is 0 Å². The quantitative estimate of drug-likeness (QED) is 0.919. The maximum absolute atomic E-state index is 12.5. The summed E-state index contributed by atoms with van der Waals surface area (Å²) < 4.78 is 7.17. The van der Waals surface area contributed by atoms with Crippen molar-refractivity contribution in [3.05, 3.63) is 41.2 Å². The third-order valence-corrected chi connectivity index (χ3v) is 3.30.